The molecule has 1 amide bonds. The lowest BCUT2D eigenvalue weighted by Crippen LogP contribution is -2.36. The first-order chi connectivity index (χ1) is 10.8. The molecule has 116 valence electrons. The molecule has 1 aromatic heterocycles. The Morgan fingerprint density at radius 1 is 1.23 bits per heavy atom. The maximum absolute atomic E-state index is 12.4. The molecule has 1 aromatic carbocycles. The molecule has 1 aliphatic heterocycles. The zero-order valence-corrected chi connectivity index (χ0v) is 13.9. The number of nitrogens with one attached hydrogen (secondary N) is 1. The number of rotatable bonds is 5. The van der Waals surface area contributed by atoms with Crippen molar-refractivity contribution in [3.8, 4) is 0 Å². The molecular weight excluding hydrogens is 344 g/mol. The number of hydrogen-bond donors (Lipinski definition) is 1. The summed E-state index contributed by atoms with van der Waals surface area (Å²) in [7, 11) is 0. The average Bonchev–Trinajstić information content (AvgIpc) is 3.21. The van der Waals surface area contributed by atoms with Gasteiger partial charge >= 0.3 is 0 Å². The molecule has 0 spiro atoms. The second kappa shape index (κ2) is 7.11. The van der Waals surface area contributed by atoms with Gasteiger partial charge in [0, 0.05) is 11.0 Å². The van der Waals surface area contributed by atoms with E-state index >= 15 is 0 Å². The zero-order valence-electron chi connectivity index (χ0n) is 12.3. The predicted molar refractivity (Wildman–Crippen MR) is 88.7 cm³/mol. The molecule has 1 unspecified atom stereocenters. The van der Waals surface area contributed by atoms with Crippen LogP contribution in [0.1, 0.15) is 35.0 Å². The number of benzene rings is 1. The molecule has 0 aliphatic carbocycles. The minimum absolute atomic E-state index is 0.0665. The Labute approximate surface area is 138 Å². The van der Waals surface area contributed by atoms with Crippen molar-refractivity contribution in [2.45, 2.75) is 18.9 Å². The summed E-state index contributed by atoms with van der Waals surface area (Å²) in [6, 6.07) is 11.4. The van der Waals surface area contributed by atoms with Crippen LogP contribution < -0.4 is 5.32 Å². The van der Waals surface area contributed by atoms with Gasteiger partial charge in [-0.05, 0) is 66.1 Å². The van der Waals surface area contributed by atoms with Crippen LogP contribution in [0.2, 0.25) is 0 Å². The van der Waals surface area contributed by atoms with Crippen molar-refractivity contribution in [3.63, 3.8) is 0 Å². The fraction of sp³-hybridized carbons (Fsp3) is 0.353. The summed E-state index contributed by atoms with van der Waals surface area (Å²) < 4.78 is 6.38. The minimum atomic E-state index is -0.0665. The Bertz CT molecular complexity index is 621. The summed E-state index contributed by atoms with van der Waals surface area (Å²) in [5.41, 5.74) is 0.655. The van der Waals surface area contributed by atoms with Gasteiger partial charge in [-0.3, -0.25) is 9.69 Å². The van der Waals surface area contributed by atoms with Crippen molar-refractivity contribution in [1.82, 2.24) is 10.2 Å². The normalized spacial score (nSPS) is 16.6. The molecule has 3 rings (SSSR count). The molecule has 5 heteroatoms. The van der Waals surface area contributed by atoms with Gasteiger partial charge in [-0.2, -0.15) is 0 Å². The molecule has 2 heterocycles. The maximum Gasteiger partial charge on any atom is 0.252 e. The number of nitrogens with zero attached hydrogens (tertiary/aromatic N) is 1. The van der Waals surface area contributed by atoms with Gasteiger partial charge in [-0.25, -0.2) is 0 Å². The summed E-state index contributed by atoms with van der Waals surface area (Å²) in [6.07, 6.45) is 4.10. The summed E-state index contributed by atoms with van der Waals surface area (Å²) in [4.78, 5) is 14.7. The van der Waals surface area contributed by atoms with Crippen molar-refractivity contribution >= 4 is 21.8 Å². The first kappa shape index (κ1) is 15.3. The van der Waals surface area contributed by atoms with Crippen molar-refractivity contribution in [1.29, 1.82) is 0 Å². The number of carbonyl (C=O) groups is 1. The Balaban J connectivity index is 1.69. The van der Waals surface area contributed by atoms with Gasteiger partial charge in [-0.1, -0.05) is 12.1 Å². The molecule has 22 heavy (non-hydrogen) atoms. The van der Waals surface area contributed by atoms with E-state index in [0.29, 0.717) is 12.1 Å². The molecule has 1 saturated heterocycles. The van der Waals surface area contributed by atoms with Crippen molar-refractivity contribution in [3.05, 3.63) is 58.5 Å². The van der Waals surface area contributed by atoms with E-state index in [1.165, 1.54) is 12.8 Å². The van der Waals surface area contributed by atoms with Crippen molar-refractivity contribution < 1.29 is 9.21 Å². The second-order valence-electron chi connectivity index (χ2n) is 5.46. The Morgan fingerprint density at radius 2 is 2.00 bits per heavy atom. The monoisotopic (exact) mass is 362 g/mol. The Morgan fingerprint density at radius 3 is 2.68 bits per heavy atom. The molecule has 0 bridgehead atoms. The highest BCUT2D eigenvalue weighted by Crippen LogP contribution is 2.25. The second-order valence-corrected chi connectivity index (χ2v) is 6.32. The van der Waals surface area contributed by atoms with E-state index in [4.69, 9.17) is 4.42 Å². The number of likely N-dealkylation sites (tertiary alicyclic amines) is 1. The van der Waals surface area contributed by atoms with Crippen molar-refractivity contribution in [2.24, 2.45) is 0 Å². The van der Waals surface area contributed by atoms with Crippen LogP contribution >= 0.6 is 15.9 Å². The first-order valence-electron chi connectivity index (χ1n) is 7.56. The van der Waals surface area contributed by atoms with E-state index in [0.717, 1.165) is 23.3 Å². The van der Waals surface area contributed by atoms with Gasteiger partial charge in [0.2, 0.25) is 0 Å². The van der Waals surface area contributed by atoms with Crippen LogP contribution in [0.3, 0.4) is 0 Å². The molecule has 0 saturated carbocycles. The highest BCUT2D eigenvalue weighted by Gasteiger charge is 2.26. The third-order valence-corrected chi connectivity index (χ3v) is 4.72. The molecule has 1 N–H and O–H groups in total. The standard InChI is InChI=1S/C17H19BrN2O2/c18-14-7-2-1-6-13(14)17(21)19-12-15(16-8-5-11-22-16)20-9-3-4-10-20/h1-2,5-8,11,15H,3-4,9-10,12H2,(H,19,21). The number of hydrogen-bond acceptors (Lipinski definition) is 3. The lowest BCUT2D eigenvalue weighted by atomic mass is 10.1. The number of halogens is 1. The topological polar surface area (TPSA) is 45.5 Å². The fourth-order valence-corrected chi connectivity index (χ4v) is 3.34. The van der Waals surface area contributed by atoms with Gasteiger partial charge in [0.05, 0.1) is 17.9 Å². The number of carbonyl (C=O) groups excluding carboxylic acids is 1. The van der Waals surface area contributed by atoms with Crippen LogP contribution in [0, 0.1) is 0 Å². The number of amides is 1. The van der Waals surface area contributed by atoms with Gasteiger partial charge in [0.15, 0.2) is 0 Å². The third-order valence-electron chi connectivity index (χ3n) is 4.03. The van der Waals surface area contributed by atoms with Crippen LogP contribution in [-0.2, 0) is 0 Å². The quantitative estimate of drug-likeness (QED) is 0.883. The first-order valence-corrected chi connectivity index (χ1v) is 8.35. The average molecular weight is 363 g/mol. The SMILES string of the molecule is O=C(NCC(c1ccco1)N1CCCC1)c1ccccc1Br. The van der Waals surface area contributed by atoms with E-state index in [9.17, 15) is 4.79 Å². The summed E-state index contributed by atoms with van der Waals surface area (Å²) in [6.45, 7) is 2.65. The summed E-state index contributed by atoms with van der Waals surface area (Å²) in [5, 5.41) is 3.03. The molecular formula is C17H19BrN2O2. The smallest absolute Gasteiger partial charge is 0.252 e. The largest absolute Gasteiger partial charge is 0.468 e. The third kappa shape index (κ3) is 3.42. The van der Waals surface area contributed by atoms with Crippen LogP contribution in [0.5, 0.6) is 0 Å². The van der Waals surface area contributed by atoms with Gasteiger partial charge in [0.25, 0.3) is 5.91 Å². The molecule has 0 radical (unpaired) electrons. The molecule has 1 fully saturated rings. The van der Waals surface area contributed by atoms with E-state index < -0.39 is 0 Å². The van der Waals surface area contributed by atoms with Crippen LogP contribution in [0.15, 0.2) is 51.6 Å². The maximum atomic E-state index is 12.4. The van der Waals surface area contributed by atoms with E-state index in [-0.39, 0.29) is 11.9 Å². The molecule has 1 aliphatic rings. The van der Waals surface area contributed by atoms with E-state index in [1.54, 1.807) is 6.26 Å². The van der Waals surface area contributed by atoms with Crippen LogP contribution in [-0.4, -0.2) is 30.4 Å². The van der Waals surface area contributed by atoms with Crippen molar-refractivity contribution in [2.75, 3.05) is 19.6 Å². The fourth-order valence-electron chi connectivity index (χ4n) is 2.87. The predicted octanol–water partition coefficient (Wildman–Crippen LogP) is 3.61. The van der Waals surface area contributed by atoms with E-state index in [2.05, 4.69) is 26.1 Å². The minimum Gasteiger partial charge on any atom is -0.468 e. The summed E-state index contributed by atoms with van der Waals surface area (Å²) >= 11 is 3.42. The Hall–Kier alpha value is -1.59. The Kier molecular flexibility index (Phi) is 4.95. The lowest BCUT2D eigenvalue weighted by Gasteiger charge is -2.26. The van der Waals surface area contributed by atoms with Gasteiger partial charge in [0.1, 0.15) is 5.76 Å². The van der Waals surface area contributed by atoms with Crippen LogP contribution in [0.25, 0.3) is 0 Å². The summed E-state index contributed by atoms with van der Waals surface area (Å²) in [5.74, 6) is 0.845. The molecule has 4 nitrogen and oxygen atoms in total. The highest BCUT2D eigenvalue weighted by molar-refractivity contribution is 9.10. The molecule has 1 atom stereocenters. The van der Waals surface area contributed by atoms with E-state index in [1.807, 2.05) is 36.4 Å². The van der Waals surface area contributed by atoms with Crippen LogP contribution in [0.4, 0.5) is 0 Å². The molecule has 2 aromatic rings. The number of furan rings is 1. The highest BCUT2D eigenvalue weighted by atomic mass is 79.9. The van der Waals surface area contributed by atoms with Gasteiger partial charge < -0.3 is 9.73 Å². The van der Waals surface area contributed by atoms with Gasteiger partial charge in [-0.15, -0.1) is 0 Å². The zero-order chi connectivity index (χ0) is 15.4. The lowest BCUT2D eigenvalue weighted by molar-refractivity contribution is 0.0933.